The summed E-state index contributed by atoms with van der Waals surface area (Å²) >= 11 is 1.52. The van der Waals surface area contributed by atoms with Gasteiger partial charge >= 0.3 is 0 Å². The van der Waals surface area contributed by atoms with Gasteiger partial charge in [0.2, 0.25) is 0 Å². The van der Waals surface area contributed by atoms with Crippen LogP contribution in [0.15, 0.2) is 50.0 Å². The molecule has 0 aliphatic rings. The molecule has 0 atom stereocenters. The lowest BCUT2D eigenvalue weighted by atomic mass is 10.1. The normalized spacial score (nSPS) is 11.1. The average molecular weight is 394 g/mol. The predicted molar refractivity (Wildman–Crippen MR) is 108 cm³/mol. The van der Waals surface area contributed by atoms with Crippen molar-refractivity contribution in [2.24, 2.45) is 0 Å². The van der Waals surface area contributed by atoms with Crippen LogP contribution in [0, 0.1) is 20.8 Å². The number of aromatic amines is 1. The number of hydrogen-bond donors (Lipinski definition) is 1. The van der Waals surface area contributed by atoms with Gasteiger partial charge in [0.15, 0.2) is 11.2 Å². The number of pyridine rings is 1. The molecule has 4 aromatic rings. The predicted octanol–water partition coefficient (Wildman–Crippen LogP) is 3.29. The lowest BCUT2D eigenvalue weighted by molar-refractivity contribution is 0.426. The highest BCUT2D eigenvalue weighted by Crippen LogP contribution is 2.32. The lowest BCUT2D eigenvalue weighted by Gasteiger charge is -2.11. The van der Waals surface area contributed by atoms with Gasteiger partial charge in [0.25, 0.3) is 5.56 Å². The molecule has 4 rings (SSSR count). The second kappa shape index (κ2) is 7.05. The molecule has 0 radical (unpaired) electrons. The molecular formula is C20H18N4O3S. The van der Waals surface area contributed by atoms with Gasteiger partial charge in [-0.05, 0) is 32.2 Å². The number of thiophene rings is 1. The van der Waals surface area contributed by atoms with Crippen molar-refractivity contribution in [3.05, 3.63) is 78.9 Å². The van der Waals surface area contributed by atoms with Crippen molar-refractivity contribution in [1.29, 1.82) is 0 Å². The number of hydrogen-bond acceptors (Lipinski definition) is 6. The van der Waals surface area contributed by atoms with E-state index in [1.54, 1.807) is 26.1 Å². The minimum atomic E-state index is -0.287. The third-order valence-corrected chi connectivity index (χ3v) is 5.44. The number of rotatable bonds is 4. The second-order valence-corrected chi connectivity index (χ2v) is 7.56. The van der Waals surface area contributed by atoms with Crippen molar-refractivity contribution in [2.75, 3.05) is 0 Å². The minimum Gasteiger partial charge on any atom is -0.363 e. The van der Waals surface area contributed by atoms with Crippen LogP contribution in [0.3, 0.4) is 0 Å². The Labute approximate surface area is 164 Å². The van der Waals surface area contributed by atoms with Crippen LogP contribution < -0.4 is 11.0 Å². The van der Waals surface area contributed by atoms with Gasteiger partial charge in [-0.2, -0.15) is 5.10 Å². The molecule has 0 amide bonds. The van der Waals surface area contributed by atoms with E-state index < -0.39 is 0 Å². The Bertz CT molecular complexity index is 1270. The van der Waals surface area contributed by atoms with Gasteiger partial charge in [0, 0.05) is 35.2 Å². The lowest BCUT2D eigenvalue weighted by Crippen LogP contribution is -2.26. The van der Waals surface area contributed by atoms with Gasteiger partial charge in [-0.1, -0.05) is 11.2 Å². The summed E-state index contributed by atoms with van der Waals surface area (Å²) in [5, 5.41) is 10.5. The van der Waals surface area contributed by atoms with Crippen molar-refractivity contribution < 1.29 is 4.52 Å². The largest absolute Gasteiger partial charge is 0.363 e. The van der Waals surface area contributed by atoms with E-state index in [9.17, 15) is 9.59 Å². The van der Waals surface area contributed by atoms with Crippen LogP contribution in [0.25, 0.3) is 21.9 Å². The molecule has 0 aliphatic heterocycles. The number of nitrogens with one attached hydrogen (secondary N) is 1. The maximum absolute atomic E-state index is 12.8. The monoisotopic (exact) mass is 394 g/mol. The van der Waals surface area contributed by atoms with E-state index in [-0.39, 0.29) is 17.5 Å². The third-order valence-electron chi connectivity index (χ3n) is 4.57. The van der Waals surface area contributed by atoms with Crippen LogP contribution in [0.5, 0.6) is 0 Å². The molecular weight excluding hydrogens is 376 g/mol. The SMILES string of the molecule is Cc1cc(-c2cc(=O)n(Cc3[nH]cc(C)c(=O)c3C)nc2-c2cccs2)on1. The molecule has 7 nitrogen and oxygen atoms in total. The molecule has 0 aromatic carbocycles. The van der Waals surface area contributed by atoms with E-state index in [1.165, 1.54) is 22.1 Å². The molecule has 4 heterocycles. The fourth-order valence-electron chi connectivity index (χ4n) is 2.99. The van der Waals surface area contributed by atoms with Gasteiger partial charge in [-0.25, -0.2) is 4.68 Å². The Morgan fingerprint density at radius 2 is 2.04 bits per heavy atom. The van der Waals surface area contributed by atoms with E-state index in [4.69, 9.17) is 4.52 Å². The maximum atomic E-state index is 12.8. The highest BCUT2D eigenvalue weighted by molar-refractivity contribution is 7.13. The molecule has 0 saturated carbocycles. The molecule has 0 unspecified atom stereocenters. The fraction of sp³-hybridized carbons (Fsp3) is 0.200. The molecule has 0 bridgehead atoms. The number of nitrogens with zero attached hydrogens (tertiary/aromatic N) is 3. The second-order valence-electron chi connectivity index (χ2n) is 6.62. The molecule has 8 heteroatoms. The smallest absolute Gasteiger partial charge is 0.267 e. The minimum absolute atomic E-state index is 0.0333. The Kier molecular flexibility index (Phi) is 4.56. The molecule has 0 spiro atoms. The van der Waals surface area contributed by atoms with E-state index in [0.717, 1.165) is 10.6 Å². The fourth-order valence-corrected chi connectivity index (χ4v) is 3.72. The van der Waals surface area contributed by atoms with Crippen molar-refractivity contribution in [2.45, 2.75) is 27.3 Å². The van der Waals surface area contributed by atoms with Crippen LogP contribution in [0.2, 0.25) is 0 Å². The molecule has 0 fully saturated rings. The van der Waals surface area contributed by atoms with Crippen molar-refractivity contribution in [1.82, 2.24) is 19.9 Å². The number of H-pyrrole nitrogens is 1. The molecule has 28 heavy (non-hydrogen) atoms. The summed E-state index contributed by atoms with van der Waals surface area (Å²) in [6, 6.07) is 7.14. The van der Waals surface area contributed by atoms with E-state index >= 15 is 0 Å². The van der Waals surface area contributed by atoms with E-state index in [0.29, 0.717) is 33.8 Å². The van der Waals surface area contributed by atoms with Crippen LogP contribution in [0.1, 0.15) is 22.5 Å². The van der Waals surface area contributed by atoms with Gasteiger partial charge in [-0.15, -0.1) is 11.3 Å². The first-order valence-electron chi connectivity index (χ1n) is 8.71. The Hall–Kier alpha value is -3.26. The Balaban J connectivity index is 1.86. The van der Waals surface area contributed by atoms with Gasteiger partial charge in [0.1, 0.15) is 5.69 Å². The average Bonchev–Trinajstić information content (AvgIpc) is 3.35. The summed E-state index contributed by atoms with van der Waals surface area (Å²) in [5.41, 5.74) is 3.52. The summed E-state index contributed by atoms with van der Waals surface area (Å²) in [6.07, 6.45) is 1.65. The number of aryl methyl sites for hydroxylation is 2. The zero-order valence-corrected chi connectivity index (χ0v) is 16.5. The third kappa shape index (κ3) is 3.22. The molecule has 4 aromatic heterocycles. The summed E-state index contributed by atoms with van der Waals surface area (Å²) in [6.45, 7) is 5.50. The Morgan fingerprint density at radius 3 is 2.71 bits per heavy atom. The van der Waals surface area contributed by atoms with Crippen LogP contribution in [-0.4, -0.2) is 19.9 Å². The number of aromatic nitrogens is 4. The zero-order chi connectivity index (χ0) is 19.8. The summed E-state index contributed by atoms with van der Waals surface area (Å²) in [4.78, 5) is 29.0. The molecule has 1 N–H and O–H groups in total. The molecule has 142 valence electrons. The summed E-state index contributed by atoms with van der Waals surface area (Å²) < 4.78 is 6.73. The molecule has 0 aliphatic carbocycles. The first-order valence-corrected chi connectivity index (χ1v) is 9.59. The zero-order valence-electron chi connectivity index (χ0n) is 15.6. The van der Waals surface area contributed by atoms with Crippen LogP contribution >= 0.6 is 11.3 Å². The first-order chi connectivity index (χ1) is 13.4. The van der Waals surface area contributed by atoms with E-state index in [1.807, 2.05) is 24.4 Å². The van der Waals surface area contributed by atoms with Crippen LogP contribution in [0.4, 0.5) is 0 Å². The van der Waals surface area contributed by atoms with Crippen molar-refractivity contribution >= 4 is 11.3 Å². The highest BCUT2D eigenvalue weighted by atomic mass is 32.1. The summed E-state index contributed by atoms with van der Waals surface area (Å²) in [7, 11) is 0. The first kappa shape index (κ1) is 18.1. The standard InChI is InChI=1S/C20H18N4O3S/c1-11-9-21-15(13(3)20(11)26)10-24-18(25)8-14(16-7-12(2)23-27-16)19(22-24)17-5-4-6-28-17/h4-9H,10H2,1-3H3,(H,21,26). The van der Waals surface area contributed by atoms with E-state index in [2.05, 4.69) is 15.2 Å². The van der Waals surface area contributed by atoms with Gasteiger partial charge in [0.05, 0.1) is 22.7 Å². The highest BCUT2D eigenvalue weighted by Gasteiger charge is 2.18. The Morgan fingerprint density at radius 1 is 1.21 bits per heavy atom. The van der Waals surface area contributed by atoms with Crippen molar-refractivity contribution in [3.8, 4) is 21.9 Å². The van der Waals surface area contributed by atoms with Gasteiger partial charge < -0.3 is 9.51 Å². The quantitative estimate of drug-likeness (QED) is 0.573. The van der Waals surface area contributed by atoms with Crippen LogP contribution in [-0.2, 0) is 6.54 Å². The summed E-state index contributed by atoms with van der Waals surface area (Å²) in [5.74, 6) is 0.498. The van der Waals surface area contributed by atoms with Crippen molar-refractivity contribution in [3.63, 3.8) is 0 Å². The van der Waals surface area contributed by atoms with Gasteiger partial charge in [-0.3, -0.25) is 9.59 Å². The maximum Gasteiger partial charge on any atom is 0.267 e. The molecule has 0 saturated heterocycles. The topological polar surface area (TPSA) is 93.8 Å².